The summed E-state index contributed by atoms with van der Waals surface area (Å²) in [5.41, 5.74) is 8.08. The molecule has 0 aliphatic rings. The van der Waals surface area contributed by atoms with Crippen LogP contribution in [0.5, 0.6) is 5.75 Å². The number of nitrogen functional groups attached to an aromatic ring is 1. The molecule has 0 saturated carbocycles. The number of nitrogens with two attached hydrogens (primary N) is 1. The van der Waals surface area contributed by atoms with Crippen molar-refractivity contribution in [2.24, 2.45) is 0 Å². The molecule has 2 amide bonds. The number of amides is 2. The second-order valence-electron chi connectivity index (χ2n) is 4.22. The van der Waals surface area contributed by atoms with Crippen molar-refractivity contribution in [3.63, 3.8) is 0 Å². The number of rotatable bonds is 2. The summed E-state index contributed by atoms with van der Waals surface area (Å²) in [6.07, 6.45) is 0. The van der Waals surface area contributed by atoms with Crippen LogP contribution in [0.25, 0.3) is 0 Å². The Bertz CT molecular complexity index is 594. The van der Waals surface area contributed by atoms with Gasteiger partial charge in [-0.3, -0.25) is 0 Å². The van der Waals surface area contributed by atoms with E-state index in [1.807, 2.05) is 6.92 Å². The van der Waals surface area contributed by atoms with Gasteiger partial charge in [0.2, 0.25) is 0 Å². The lowest BCUT2D eigenvalue weighted by Gasteiger charge is -2.09. The minimum absolute atomic E-state index is 0.0347. The molecule has 98 valence electrons. The van der Waals surface area contributed by atoms with Crippen molar-refractivity contribution in [1.29, 1.82) is 0 Å². The maximum absolute atomic E-state index is 11.7. The molecule has 0 fully saturated rings. The number of benzene rings is 2. The summed E-state index contributed by atoms with van der Waals surface area (Å²) in [6.45, 7) is 1.86. The number of aromatic hydroxyl groups is 1. The maximum Gasteiger partial charge on any atom is 0.323 e. The molecule has 5 heteroatoms. The van der Waals surface area contributed by atoms with E-state index in [2.05, 4.69) is 10.6 Å². The van der Waals surface area contributed by atoms with Gasteiger partial charge in [-0.1, -0.05) is 6.07 Å². The van der Waals surface area contributed by atoms with Gasteiger partial charge in [0.25, 0.3) is 0 Å². The first kappa shape index (κ1) is 12.8. The van der Waals surface area contributed by atoms with Crippen molar-refractivity contribution in [3.8, 4) is 5.75 Å². The molecule has 0 heterocycles. The molecule has 0 atom stereocenters. The first-order chi connectivity index (χ1) is 9.04. The second-order valence-corrected chi connectivity index (χ2v) is 4.22. The number of carbonyl (C=O) groups excluding carboxylic acids is 1. The fourth-order valence-corrected chi connectivity index (χ4v) is 1.60. The Kier molecular flexibility index (Phi) is 3.56. The third-order valence-corrected chi connectivity index (χ3v) is 2.57. The predicted octanol–water partition coefficient (Wildman–Crippen LogP) is 2.93. The number of aryl methyl sites for hydroxylation is 1. The van der Waals surface area contributed by atoms with E-state index in [9.17, 15) is 9.90 Å². The maximum atomic E-state index is 11.7. The molecule has 5 N–H and O–H groups in total. The monoisotopic (exact) mass is 257 g/mol. The summed E-state index contributed by atoms with van der Waals surface area (Å²) in [7, 11) is 0. The Balaban J connectivity index is 2.03. The number of anilines is 3. The largest absolute Gasteiger partial charge is 0.506 e. The molecular weight excluding hydrogens is 242 g/mol. The number of urea groups is 1. The first-order valence-electron chi connectivity index (χ1n) is 5.78. The topological polar surface area (TPSA) is 87.4 Å². The van der Waals surface area contributed by atoms with Gasteiger partial charge < -0.3 is 21.5 Å². The van der Waals surface area contributed by atoms with Crippen molar-refractivity contribution >= 4 is 23.1 Å². The zero-order chi connectivity index (χ0) is 13.8. The van der Waals surface area contributed by atoms with E-state index in [0.29, 0.717) is 17.1 Å². The Morgan fingerprint density at radius 1 is 1.11 bits per heavy atom. The number of phenolic OH excluding ortho intramolecular Hbond substituents is 1. The minimum Gasteiger partial charge on any atom is -0.506 e. The van der Waals surface area contributed by atoms with Gasteiger partial charge in [-0.15, -0.1) is 0 Å². The molecule has 2 aromatic carbocycles. The van der Waals surface area contributed by atoms with Crippen LogP contribution in [0.15, 0.2) is 42.5 Å². The van der Waals surface area contributed by atoms with E-state index >= 15 is 0 Å². The predicted molar refractivity (Wildman–Crippen MR) is 76.3 cm³/mol. The summed E-state index contributed by atoms with van der Waals surface area (Å²) in [5.74, 6) is 0.0347. The fraction of sp³-hybridized carbons (Fsp3) is 0.0714. The summed E-state index contributed by atoms with van der Waals surface area (Å²) in [6, 6.07) is 11.4. The molecule has 2 rings (SSSR count). The highest BCUT2D eigenvalue weighted by atomic mass is 16.3. The van der Waals surface area contributed by atoms with Crippen LogP contribution in [0.2, 0.25) is 0 Å². The Labute approximate surface area is 111 Å². The quantitative estimate of drug-likeness (QED) is 0.492. The summed E-state index contributed by atoms with van der Waals surface area (Å²) >= 11 is 0. The number of nitrogens with one attached hydrogen (secondary N) is 2. The molecule has 0 spiro atoms. The van der Waals surface area contributed by atoms with Crippen molar-refractivity contribution in [2.75, 3.05) is 16.4 Å². The summed E-state index contributed by atoms with van der Waals surface area (Å²) < 4.78 is 0. The van der Waals surface area contributed by atoms with Crippen LogP contribution >= 0.6 is 0 Å². The standard InChI is InChI=1S/C14H15N3O2/c1-9-2-7-12(13(18)8-9)17-14(19)16-11-5-3-10(15)4-6-11/h2-8,18H,15H2,1H3,(H2,16,17,19). The molecule has 0 radical (unpaired) electrons. The van der Waals surface area contributed by atoms with Gasteiger partial charge in [0.15, 0.2) is 0 Å². The highest BCUT2D eigenvalue weighted by Crippen LogP contribution is 2.24. The van der Waals surface area contributed by atoms with Crippen LogP contribution < -0.4 is 16.4 Å². The van der Waals surface area contributed by atoms with Gasteiger partial charge in [-0.05, 0) is 48.9 Å². The van der Waals surface area contributed by atoms with Crippen LogP contribution in [0.1, 0.15) is 5.56 Å². The van der Waals surface area contributed by atoms with E-state index in [1.165, 1.54) is 0 Å². The van der Waals surface area contributed by atoms with Gasteiger partial charge >= 0.3 is 6.03 Å². The normalized spacial score (nSPS) is 9.95. The molecule has 0 unspecified atom stereocenters. The van der Waals surface area contributed by atoms with Crippen molar-refractivity contribution in [3.05, 3.63) is 48.0 Å². The van der Waals surface area contributed by atoms with Crippen LogP contribution in [-0.4, -0.2) is 11.1 Å². The van der Waals surface area contributed by atoms with E-state index in [-0.39, 0.29) is 5.75 Å². The SMILES string of the molecule is Cc1ccc(NC(=O)Nc2ccc(N)cc2)c(O)c1. The van der Waals surface area contributed by atoms with Gasteiger partial charge in [-0.25, -0.2) is 4.79 Å². The van der Waals surface area contributed by atoms with E-state index in [1.54, 1.807) is 42.5 Å². The van der Waals surface area contributed by atoms with Crippen molar-refractivity contribution < 1.29 is 9.90 Å². The number of carbonyl (C=O) groups is 1. The lowest BCUT2D eigenvalue weighted by atomic mass is 10.2. The Hall–Kier alpha value is -2.69. The van der Waals surface area contributed by atoms with Crippen LogP contribution in [0.3, 0.4) is 0 Å². The fourth-order valence-electron chi connectivity index (χ4n) is 1.60. The van der Waals surface area contributed by atoms with E-state index in [4.69, 9.17) is 5.73 Å². The molecule has 19 heavy (non-hydrogen) atoms. The smallest absolute Gasteiger partial charge is 0.323 e. The van der Waals surface area contributed by atoms with Crippen LogP contribution in [0.4, 0.5) is 21.9 Å². The van der Waals surface area contributed by atoms with Gasteiger partial charge in [0, 0.05) is 11.4 Å². The molecule has 2 aromatic rings. The molecular formula is C14H15N3O2. The van der Waals surface area contributed by atoms with Crippen molar-refractivity contribution in [1.82, 2.24) is 0 Å². The highest BCUT2D eigenvalue weighted by Gasteiger charge is 2.06. The van der Waals surface area contributed by atoms with Crippen LogP contribution in [0, 0.1) is 6.92 Å². The molecule has 0 aromatic heterocycles. The number of hydrogen-bond acceptors (Lipinski definition) is 3. The second kappa shape index (κ2) is 5.30. The number of hydrogen-bond donors (Lipinski definition) is 4. The average molecular weight is 257 g/mol. The van der Waals surface area contributed by atoms with Gasteiger partial charge in [0.05, 0.1) is 5.69 Å². The first-order valence-corrected chi connectivity index (χ1v) is 5.78. The average Bonchev–Trinajstić information content (AvgIpc) is 2.36. The van der Waals surface area contributed by atoms with Gasteiger partial charge in [-0.2, -0.15) is 0 Å². The van der Waals surface area contributed by atoms with E-state index < -0.39 is 6.03 Å². The number of phenols is 1. The Morgan fingerprint density at radius 2 is 1.79 bits per heavy atom. The third-order valence-electron chi connectivity index (χ3n) is 2.57. The van der Waals surface area contributed by atoms with Gasteiger partial charge in [0.1, 0.15) is 5.75 Å². The van der Waals surface area contributed by atoms with Crippen LogP contribution in [-0.2, 0) is 0 Å². The molecule has 0 aliphatic carbocycles. The Morgan fingerprint density at radius 3 is 2.42 bits per heavy atom. The third kappa shape index (κ3) is 3.38. The lowest BCUT2D eigenvalue weighted by molar-refractivity contribution is 0.262. The zero-order valence-corrected chi connectivity index (χ0v) is 10.5. The molecule has 5 nitrogen and oxygen atoms in total. The molecule has 0 saturated heterocycles. The minimum atomic E-state index is -0.427. The van der Waals surface area contributed by atoms with Crippen molar-refractivity contribution in [2.45, 2.75) is 6.92 Å². The van der Waals surface area contributed by atoms with E-state index in [0.717, 1.165) is 5.56 Å². The molecule has 0 bridgehead atoms. The summed E-state index contributed by atoms with van der Waals surface area (Å²) in [5, 5.41) is 14.9. The molecule has 0 aliphatic heterocycles. The zero-order valence-electron chi connectivity index (χ0n) is 10.5. The lowest BCUT2D eigenvalue weighted by Crippen LogP contribution is -2.19. The summed E-state index contributed by atoms with van der Waals surface area (Å²) in [4.78, 5) is 11.7. The highest BCUT2D eigenvalue weighted by molar-refractivity contribution is 6.00.